The number of thioether (sulfide) groups is 1. The summed E-state index contributed by atoms with van der Waals surface area (Å²) in [5, 5.41) is 2.56. The van der Waals surface area contributed by atoms with E-state index in [9.17, 15) is 14.4 Å². The lowest BCUT2D eigenvalue weighted by Crippen LogP contribution is -2.46. The lowest BCUT2D eigenvalue weighted by Gasteiger charge is -2.19. The van der Waals surface area contributed by atoms with Gasteiger partial charge < -0.3 is 20.5 Å². The fourth-order valence-electron chi connectivity index (χ4n) is 1.70. The molecule has 1 aromatic rings. The van der Waals surface area contributed by atoms with Gasteiger partial charge in [0.15, 0.2) is 12.7 Å². The van der Waals surface area contributed by atoms with Crippen molar-refractivity contribution in [3.05, 3.63) is 30.3 Å². The highest BCUT2D eigenvalue weighted by Gasteiger charge is 2.25. The van der Waals surface area contributed by atoms with Crippen molar-refractivity contribution < 1.29 is 23.9 Å². The first-order valence-electron chi connectivity index (χ1n) is 7.40. The molecule has 8 heteroatoms. The van der Waals surface area contributed by atoms with Crippen molar-refractivity contribution in [2.45, 2.75) is 25.5 Å². The Labute approximate surface area is 145 Å². The van der Waals surface area contributed by atoms with Gasteiger partial charge in [0.2, 0.25) is 0 Å². The Hall–Kier alpha value is -2.22. The number of esters is 1. The van der Waals surface area contributed by atoms with E-state index in [1.54, 1.807) is 24.3 Å². The van der Waals surface area contributed by atoms with Crippen molar-refractivity contribution >= 4 is 29.5 Å². The maximum absolute atomic E-state index is 12.1. The Bertz CT molecular complexity index is 553. The third-order valence-electron chi connectivity index (χ3n) is 3.04. The van der Waals surface area contributed by atoms with Gasteiger partial charge in [-0.15, -0.1) is 0 Å². The molecule has 2 amide bonds. The standard InChI is InChI=1S/C16H22N2O5S/c1-11(15(17)20)23-16(21)13(8-9-24-2)18-14(19)10-22-12-6-4-3-5-7-12/h3-7,11,13H,8-10H2,1-2H3,(H2,17,20)(H,18,19)/t11-,13+/m0/s1. The van der Waals surface area contributed by atoms with Crippen LogP contribution >= 0.6 is 11.8 Å². The Morgan fingerprint density at radius 2 is 1.92 bits per heavy atom. The van der Waals surface area contributed by atoms with Gasteiger partial charge in [-0.3, -0.25) is 9.59 Å². The van der Waals surface area contributed by atoms with Crippen LogP contribution in [0.1, 0.15) is 13.3 Å². The van der Waals surface area contributed by atoms with Crippen LogP contribution in [0.2, 0.25) is 0 Å². The van der Waals surface area contributed by atoms with Gasteiger partial charge in [0.25, 0.3) is 11.8 Å². The van der Waals surface area contributed by atoms with Crippen LogP contribution in [0, 0.1) is 0 Å². The number of amides is 2. The molecule has 132 valence electrons. The minimum atomic E-state index is -1.05. The summed E-state index contributed by atoms with van der Waals surface area (Å²) < 4.78 is 10.3. The number of para-hydroxylation sites is 1. The van der Waals surface area contributed by atoms with Crippen LogP contribution < -0.4 is 15.8 Å². The predicted octanol–water partition coefficient (Wildman–Crippen LogP) is 0.720. The molecular weight excluding hydrogens is 332 g/mol. The molecule has 0 saturated carbocycles. The maximum atomic E-state index is 12.1. The molecule has 0 spiro atoms. The van der Waals surface area contributed by atoms with Gasteiger partial charge in [-0.1, -0.05) is 18.2 Å². The molecule has 7 nitrogen and oxygen atoms in total. The molecule has 0 fully saturated rings. The van der Waals surface area contributed by atoms with E-state index >= 15 is 0 Å². The predicted molar refractivity (Wildman–Crippen MR) is 91.6 cm³/mol. The quantitative estimate of drug-likeness (QED) is 0.600. The van der Waals surface area contributed by atoms with Gasteiger partial charge in [-0.25, -0.2) is 4.79 Å². The van der Waals surface area contributed by atoms with Crippen molar-refractivity contribution in [3.8, 4) is 5.75 Å². The third-order valence-corrected chi connectivity index (χ3v) is 3.68. The van der Waals surface area contributed by atoms with Crippen molar-refractivity contribution in [1.82, 2.24) is 5.32 Å². The molecule has 3 N–H and O–H groups in total. The smallest absolute Gasteiger partial charge is 0.329 e. The van der Waals surface area contributed by atoms with Crippen LogP contribution in [-0.4, -0.2) is 48.5 Å². The highest BCUT2D eigenvalue weighted by molar-refractivity contribution is 7.98. The van der Waals surface area contributed by atoms with E-state index in [2.05, 4.69) is 5.32 Å². The average Bonchev–Trinajstić information content (AvgIpc) is 2.57. The summed E-state index contributed by atoms with van der Waals surface area (Å²) in [5.41, 5.74) is 5.07. The molecular formula is C16H22N2O5S. The molecule has 1 aromatic carbocycles. The van der Waals surface area contributed by atoms with Gasteiger partial charge >= 0.3 is 5.97 Å². The largest absolute Gasteiger partial charge is 0.484 e. The normalized spacial score (nSPS) is 12.8. The maximum Gasteiger partial charge on any atom is 0.329 e. The van der Waals surface area contributed by atoms with Crippen LogP contribution in [0.3, 0.4) is 0 Å². The lowest BCUT2D eigenvalue weighted by atomic mass is 10.2. The zero-order valence-corrected chi connectivity index (χ0v) is 14.5. The van der Waals surface area contributed by atoms with E-state index in [1.807, 2.05) is 12.3 Å². The van der Waals surface area contributed by atoms with Crippen LogP contribution in [0.25, 0.3) is 0 Å². The van der Waals surface area contributed by atoms with Crippen molar-refractivity contribution in [3.63, 3.8) is 0 Å². The minimum Gasteiger partial charge on any atom is -0.484 e. The molecule has 0 bridgehead atoms. The molecule has 24 heavy (non-hydrogen) atoms. The number of benzene rings is 1. The number of hydrogen-bond donors (Lipinski definition) is 2. The molecule has 0 aliphatic rings. The van der Waals surface area contributed by atoms with Gasteiger partial charge in [0.05, 0.1) is 0 Å². The van der Waals surface area contributed by atoms with E-state index in [4.69, 9.17) is 15.2 Å². The van der Waals surface area contributed by atoms with Gasteiger partial charge in [0, 0.05) is 0 Å². The first kappa shape index (κ1) is 19.8. The number of carbonyl (C=O) groups excluding carboxylic acids is 3. The second-order valence-corrected chi connectivity index (χ2v) is 5.97. The molecule has 0 saturated heterocycles. The van der Waals surface area contributed by atoms with Gasteiger partial charge in [0.1, 0.15) is 11.8 Å². The minimum absolute atomic E-state index is 0.224. The Balaban J connectivity index is 2.55. The van der Waals surface area contributed by atoms with Crippen molar-refractivity contribution in [2.75, 3.05) is 18.6 Å². The molecule has 0 unspecified atom stereocenters. The topological polar surface area (TPSA) is 108 Å². The Morgan fingerprint density at radius 1 is 1.25 bits per heavy atom. The van der Waals surface area contributed by atoms with E-state index in [-0.39, 0.29) is 6.61 Å². The monoisotopic (exact) mass is 354 g/mol. The molecule has 0 aliphatic heterocycles. The number of primary amides is 1. The SMILES string of the molecule is CSCC[C@@H](NC(=O)COc1ccccc1)C(=O)O[C@@H](C)C(N)=O. The average molecular weight is 354 g/mol. The van der Waals surface area contributed by atoms with Crippen LogP contribution in [-0.2, 0) is 19.1 Å². The molecule has 0 radical (unpaired) electrons. The van der Waals surface area contributed by atoms with Crippen LogP contribution in [0.5, 0.6) is 5.75 Å². The summed E-state index contributed by atoms with van der Waals surface area (Å²) in [5.74, 6) is -0.689. The molecule has 0 aromatic heterocycles. The highest BCUT2D eigenvalue weighted by Crippen LogP contribution is 2.08. The number of hydrogen-bond acceptors (Lipinski definition) is 6. The summed E-state index contributed by atoms with van der Waals surface area (Å²) in [6.07, 6.45) is 1.21. The highest BCUT2D eigenvalue weighted by atomic mass is 32.2. The molecule has 2 atom stereocenters. The number of ether oxygens (including phenoxy) is 2. The van der Waals surface area contributed by atoms with Gasteiger partial charge in [-0.2, -0.15) is 11.8 Å². The first-order chi connectivity index (χ1) is 11.4. The fraction of sp³-hybridized carbons (Fsp3) is 0.438. The summed E-state index contributed by atoms with van der Waals surface area (Å²) in [4.78, 5) is 35.0. The number of nitrogens with two attached hydrogens (primary N) is 1. The lowest BCUT2D eigenvalue weighted by molar-refractivity contribution is -0.156. The summed E-state index contributed by atoms with van der Waals surface area (Å²) in [6.45, 7) is 1.16. The molecule has 1 rings (SSSR count). The van der Waals surface area contributed by atoms with Crippen molar-refractivity contribution in [1.29, 1.82) is 0 Å². The van der Waals surface area contributed by atoms with E-state index < -0.39 is 29.9 Å². The second kappa shape index (κ2) is 10.5. The zero-order valence-electron chi connectivity index (χ0n) is 13.7. The number of rotatable bonds is 10. The van der Waals surface area contributed by atoms with Crippen LogP contribution in [0.4, 0.5) is 0 Å². The van der Waals surface area contributed by atoms with Gasteiger partial charge in [-0.05, 0) is 37.5 Å². The van der Waals surface area contributed by atoms with E-state index in [1.165, 1.54) is 18.7 Å². The second-order valence-electron chi connectivity index (χ2n) is 4.98. The van der Waals surface area contributed by atoms with Crippen LogP contribution in [0.15, 0.2) is 30.3 Å². The molecule has 0 heterocycles. The number of carbonyl (C=O) groups is 3. The summed E-state index contributed by atoms with van der Waals surface area (Å²) in [7, 11) is 0. The zero-order chi connectivity index (χ0) is 17.9. The Morgan fingerprint density at radius 3 is 2.50 bits per heavy atom. The molecule has 0 aliphatic carbocycles. The first-order valence-corrected chi connectivity index (χ1v) is 8.79. The summed E-state index contributed by atoms with van der Waals surface area (Å²) >= 11 is 1.53. The van der Waals surface area contributed by atoms with E-state index in [0.29, 0.717) is 17.9 Å². The third kappa shape index (κ3) is 7.36. The van der Waals surface area contributed by atoms with Crippen molar-refractivity contribution in [2.24, 2.45) is 5.73 Å². The fourth-order valence-corrected chi connectivity index (χ4v) is 2.17. The number of nitrogens with one attached hydrogen (secondary N) is 1. The Kier molecular flexibility index (Phi) is 8.70. The summed E-state index contributed by atoms with van der Waals surface area (Å²) in [6, 6.07) is 8.00. The van der Waals surface area contributed by atoms with E-state index in [0.717, 1.165) is 0 Å².